The average molecular weight is 264 g/mol. The number of nitrogens with one attached hydrogen (secondary N) is 1. The number of rotatable bonds is 13. The molecule has 0 aromatic rings. The molecule has 19 heavy (non-hydrogen) atoms. The van der Waals surface area contributed by atoms with Gasteiger partial charge in [0.2, 0.25) is 0 Å². The Morgan fingerprint density at radius 2 is 1.37 bits per heavy atom. The van der Waals surface area contributed by atoms with Crippen molar-refractivity contribution < 1.29 is 0 Å². The van der Waals surface area contributed by atoms with Crippen LogP contribution < -0.4 is 5.73 Å². The molecule has 0 bridgehead atoms. The van der Waals surface area contributed by atoms with Crippen LogP contribution in [-0.4, -0.2) is 6.04 Å². The molecule has 0 aliphatic heterocycles. The van der Waals surface area contributed by atoms with Gasteiger partial charge in [-0.1, -0.05) is 63.3 Å². The van der Waals surface area contributed by atoms with E-state index in [1.54, 1.807) is 0 Å². The summed E-state index contributed by atoms with van der Waals surface area (Å²) in [4.78, 5) is 0. The molecule has 1 nitrogen and oxygen atoms in total. The molecule has 0 aromatic carbocycles. The lowest BCUT2D eigenvalue weighted by Gasteiger charge is -2.02. The molecular formula is C18H34N. The van der Waals surface area contributed by atoms with Crippen molar-refractivity contribution in [3.8, 4) is 0 Å². The minimum Gasteiger partial charge on any atom is -0.255 e. The molecule has 0 rings (SSSR count). The highest BCUT2D eigenvalue weighted by Gasteiger charge is 1.94. The van der Waals surface area contributed by atoms with Gasteiger partial charge >= 0.3 is 0 Å². The second kappa shape index (κ2) is 15.5. The Bertz CT molecular complexity index is 216. The summed E-state index contributed by atoms with van der Waals surface area (Å²) in [5.74, 6) is 0. The molecule has 0 fully saturated rings. The van der Waals surface area contributed by atoms with Crippen LogP contribution in [0.3, 0.4) is 0 Å². The summed E-state index contributed by atoms with van der Waals surface area (Å²) >= 11 is 0. The van der Waals surface area contributed by atoms with E-state index in [4.69, 9.17) is 5.73 Å². The smallest absolute Gasteiger partial charge is 0.0184 e. The topological polar surface area (TPSA) is 23.8 Å². The van der Waals surface area contributed by atoms with Gasteiger partial charge in [0.05, 0.1) is 0 Å². The zero-order chi connectivity index (χ0) is 14.2. The van der Waals surface area contributed by atoms with E-state index in [1.165, 1.54) is 57.8 Å². The maximum atomic E-state index is 7.42. The Morgan fingerprint density at radius 3 is 1.95 bits per heavy atom. The summed E-state index contributed by atoms with van der Waals surface area (Å²) in [6, 6.07) is 0.129. The van der Waals surface area contributed by atoms with Crippen LogP contribution in [0.5, 0.6) is 0 Å². The summed E-state index contributed by atoms with van der Waals surface area (Å²) in [6.07, 6.45) is 23.0. The van der Waals surface area contributed by atoms with E-state index in [0.717, 1.165) is 12.8 Å². The summed E-state index contributed by atoms with van der Waals surface area (Å²) in [6.45, 7) is 4.23. The van der Waals surface area contributed by atoms with E-state index in [9.17, 15) is 0 Å². The maximum absolute atomic E-state index is 7.42. The molecule has 1 unspecified atom stereocenters. The lowest BCUT2D eigenvalue weighted by atomic mass is 10.1. The first-order valence-electron chi connectivity index (χ1n) is 8.28. The standard InChI is InChI=1S/C18H34N/c1-3-4-5-6-7-8-9-10-11-12-13-14-15-16-17-18(2)19/h7-8,10-11,18-19H,3-6,9,12-17H2,1-2H3/b8-7+,11-10+. The second-order valence-corrected chi connectivity index (χ2v) is 5.57. The Labute approximate surface area is 121 Å². The van der Waals surface area contributed by atoms with Gasteiger partial charge < -0.3 is 0 Å². The molecule has 0 spiro atoms. The SMILES string of the molecule is CCCCC/C=C/C/C=C/CCCCCCC(C)[NH]. The van der Waals surface area contributed by atoms with Crippen LogP contribution in [0, 0.1) is 0 Å². The average Bonchev–Trinajstić information content (AvgIpc) is 2.39. The van der Waals surface area contributed by atoms with Gasteiger partial charge in [-0.25, -0.2) is 0 Å². The van der Waals surface area contributed by atoms with Crippen molar-refractivity contribution in [2.45, 2.75) is 90.5 Å². The van der Waals surface area contributed by atoms with Crippen molar-refractivity contribution in [3.05, 3.63) is 24.3 Å². The minimum absolute atomic E-state index is 0.129. The molecule has 1 atom stereocenters. The molecule has 0 aliphatic rings. The molecular weight excluding hydrogens is 230 g/mol. The lowest BCUT2D eigenvalue weighted by molar-refractivity contribution is 0.560. The van der Waals surface area contributed by atoms with E-state index < -0.39 is 0 Å². The van der Waals surface area contributed by atoms with Gasteiger partial charge in [0.25, 0.3) is 0 Å². The van der Waals surface area contributed by atoms with Crippen molar-refractivity contribution in [2.24, 2.45) is 0 Å². The van der Waals surface area contributed by atoms with Crippen LogP contribution in [0.2, 0.25) is 0 Å². The number of hydrogen-bond donors (Lipinski definition) is 0. The maximum Gasteiger partial charge on any atom is 0.0184 e. The van der Waals surface area contributed by atoms with Crippen molar-refractivity contribution in [3.63, 3.8) is 0 Å². The van der Waals surface area contributed by atoms with E-state index in [0.29, 0.717) is 0 Å². The van der Waals surface area contributed by atoms with Crippen LogP contribution in [0.25, 0.3) is 0 Å². The summed E-state index contributed by atoms with van der Waals surface area (Å²) in [5, 5.41) is 0. The first-order valence-corrected chi connectivity index (χ1v) is 8.28. The van der Waals surface area contributed by atoms with Crippen molar-refractivity contribution in [1.82, 2.24) is 5.73 Å². The van der Waals surface area contributed by atoms with Gasteiger partial charge in [0.1, 0.15) is 0 Å². The first-order chi connectivity index (χ1) is 9.27. The van der Waals surface area contributed by atoms with Gasteiger partial charge in [-0.05, 0) is 45.4 Å². The summed E-state index contributed by atoms with van der Waals surface area (Å²) in [7, 11) is 0. The Hall–Kier alpha value is -0.560. The molecule has 0 saturated carbocycles. The number of hydrogen-bond acceptors (Lipinski definition) is 0. The van der Waals surface area contributed by atoms with E-state index in [-0.39, 0.29) is 6.04 Å². The van der Waals surface area contributed by atoms with E-state index in [2.05, 4.69) is 31.2 Å². The minimum atomic E-state index is 0.129. The number of allylic oxidation sites excluding steroid dienone is 4. The van der Waals surface area contributed by atoms with Crippen molar-refractivity contribution in [2.75, 3.05) is 0 Å². The third kappa shape index (κ3) is 17.4. The monoisotopic (exact) mass is 264 g/mol. The first kappa shape index (κ1) is 18.4. The van der Waals surface area contributed by atoms with Gasteiger partial charge in [-0.3, -0.25) is 5.73 Å². The zero-order valence-corrected chi connectivity index (χ0v) is 13.2. The molecule has 111 valence electrons. The normalized spacial score (nSPS) is 13.6. The predicted octanol–water partition coefficient (Wildman–Crippen LogP) is 6.08. The molecule has 1 heteroatoms. The largest absolute Gasteiger partial charge is 0.255 e. The molecule has 1 radical (unpaired) electrons. The van der Waals surface area contributed by atoms with Crippen LogP contribution >= 0.6 is 0 Å². The number of unbranched alkanes of at least 4 members (excludes halogenated alkanes) is 7. The third-order valence-corrected chi connectivity index (χ3v) is 3.34. The van der Waals surface area contributed by atoms with Crippen LogP contribution in [-0.2, 0) is 0 Å². The Kier molecular flexibility index (Phi) is 15.0. The van der Waals surface area contributed by atoms with Gasteiger partial charge in [-0.2, -0.15) is 0 Å². The zero-order valence-electron chi connectivity index (χ0n) is 13.2. The highest BCUT2D eigenvalue weighted by atomic mass is 14.6. The molecule has 0 aliphatic carbocycles. The summed E-state index contributed by atoms with van der Waals surface area (Å²) in [5.41, 5.74) is 7.42. The highest BCUT2D eigenvalue weighted by Crippen LogP contribution is 2.07. The predicted molar refractivity (Wildman–Crippen MR) is 87.3 cm³/mol. The Morgan fingerprint density at radius 1 is 0.789 bits per heavy atom. The van der Waals surface area contributed by atoms with Gasteiger partial charge in [0.15, 0.2) is 0 Å². The quantitative estimate of drug-likeness (QED) is 0.284. The van der Waals surface area contributed by atoms with Crippen molar-refractivity contribution >= 4 is 0 Å². The highest BCUT2D eigenvalue weighted by molar-refractivity contribution is 4.92. The molecule has 1 N–H and O–H groups in total. The Balaban J connectivity index is 3.17. The fourth-order valence-corrected chi connectivity index (χ4v) is 2.09. The fraction of sp³-hybridized carbons (Fsp3) is 0.778. The van der Waals surface area contributed by atoms with Crippen molar-refractivity contribution in [1.29, 1.82) is 0 Å². The third-order valence-electron chi connectivity index (χ3n) is 3.34. The fourth-order valence-electron chi connectivity index (χ4n) is 2.09. The van der Waals surface area contributed by atoms with Crippen LogP contribution in [0.15, 0.2) is 24.3 Å². The van der Waals surface area contributed by atoms with Crippen LogP contribution in [0.1, 0.15) is 84.5 Å². The summed E-state index contributed by atoms with van der Waals surface area (Å²) < 4.78 is 0. The van der Waals surface area contributed by atoms with Gasteiger partial charge in [-0.15, -0.1) is 0 Å². The molecule has 0 aromatic heterocycles. The lowest BCUT2D eigenvalue weighted by Crippen LogP contribution is -2.00. The van der Waals surface area contributed by atoms with Crippen LogP contribution in [0.4, 0.5) is 0 Å². The molecule has 0 heterocycles. The van der Waals surface area contributed by atoms with Gasteiger partial charge in [0, 0.05) is 6.04 Å². The van der Waals surface area contributed by atoms with E-state index >= 15 is 0 Å². The second-order valence-electron chi connectivity index (χ2n) is 5.57. The molecule has 0 amide bonds. The van der Waals surface area contributed by atoms with E-state index in [1.807, 2.05) is 6.92 Å². The molecule has 0 saturated heterocycles.